The van der Waals surface area contributed by atoms with Crippen LogP contribution < -0.4 is 0 Å². The highest BCUT2D eigenvalue weighted by molar-refractivity contribution is 7.91. The monoisotopic (exact) mass is 334 g/mol. The lowest BCUT2D eigenvalue weighted by molar-refractivity contribution is 0.576. The summed E-state index contributed by atoms with van der Waals surface area (Å²) in [5.74, 6) is 0.0197. The Morgan fingerprint density at radius 3 is 2.64 bits per heavy atom. The Morgan fingerprint density at radius 2 is 1.91 bits per heavy atom. The SMILES string of the molecule is CCS(=O)(=O)c1nc2ccccc2n1Cc1cccc(Cl)c1. The maximum Gasteiger partial charge on any atom is 0.229 e. The number of hydrogen-bond acceptors (Lipinski definition) is 3. The van der Waals surface area contributed by atoms with Crippen LogP contribution >= 0.6 is 11.6 Å². The highest BCUT2D eigenvalue weighted by Gasteiger charge is 2.22. The van der Waals surface area contributed by atoms with Gasteiger partial charge in [0.1, 0.15) is 0 Å². The number of rotatable bonds is 4. The van der Waals surface area contributed by atoms with Crippen molar-refractivity contribution in [2.75, 3.05) is 5.75 Å². The normalized spacial score (nSPS) is 11.9. The molecule has 0 spiro atoms. The fraction of sp³-hybridized carbons (Fsp3) is 0.188. The maximum atomic E-state index is 12.3. The van der Waals surface area contributed by atoms with Crippen molar-refractivity contribution in [2.45, 2.75) is 18.6 Å². The average Bonchev–Trinajstić information content (AvgIpc) is 2.87. The molecule has 22 heavy (non-hydrogen) atoms. The average molecular weight is 335 g/mol. The first-order valence-electron chi connectivity index (χ1n) is 6.94. The summed E-state index contributed by atoms with van der Waals surface area (Å²) in [7, 11) is -3.40. The lowest BCUT2D eigenvalue weighted by Gasteiger charge is -2.09. The van der Waals surface area contributed by atoms with Crippen LogP contribution in [0.4, 0.5) is 0 Å². The number of sulfone groups is 1. The molecule has 0 radical (unpaired) electrons. The van der Waals surface area contributed by atoms with Gasteiger partial charge < -0.3 is 4.57 Å². The number of para-hydroxylation sites is 2. The van der Waals surface area contributed by atoms with Gasteiger partial charge in [-0.2, -0.15) is 0 Å². The van der Waals surface area contributed by atoms with Crippen molar-refractivity contribution in [1.82, 2.24) is 9.55 Å². The smallest absolute Gasteiger partial charge is 0.229 e. The molecule has 0 bridgehead atoms. The topological polar surface area (TPSA) is 52.0 Å². The summed E-state index contributed by atoms with van der Waals surface area (Å²) in [6.07, 6.45) is 0. The Labute approximate surface area is 134 Å². The molecule has 1 aromatic heterocycles. The molecule has 3 aromatic rings. The van der Waals surface area contributed by atoms with E-state index in [1.165, 1.54) is 0 Å². The second-order valence-electron chi connectivity index (χ2n) is 5.00. The van der Waals surface area contributed by atoms with Gasteiger partial charge in [0, 0.05) is 5.02 Å². The molecule has 1 heterocycles. The third-order valence-corrected chi connectivity index (χ3v) is 5.37. The molecule has 0 aliphatic rings. The highest BCUT2D eigenvalue weighted by atomic mass is 35.5. The molecule has 3 rings (SSSR count). The number of fused-ring (bicyclic) bond motifs is 1. The number of benzene rings is 2. The molecular weight excluding hydrogens is 320 g/mol. The largest absolute Gasteiger partial charge is 0.310 e. The van der Waals surface area contributed by atoms with E-state index in [0.717, 1.165) is 11.1 Å². The number of imidazole rings is 1. The van der Waals surface area contributed by atoms with E-state index >= 15 is 0 Å². The van der Waals surface area contributed by atoms with E-state index in [0.29, 0.717) is 17.1 Å². The maximum absolute atomic E-state index is 12.3. The van der Waals surface area contributed by atoms with Crippen LogP contribution in [0.5, 0.6) is 0 Å². The molecule has 114 valence electrons. The fourth-order valence-electron chi connectivity index (χ4n) is 2.39. The second kappa shape index (κ2) is 5.74. The van der Waals surface area contributed by atoms with E-state index in [2.05, 4.69) is 4.98 Å². The van der Waals surface area contributed by atoms with Crippen LogP contribution in [0.15, 0.2) is 53.7 Å². The summed E-state index contributed by atoms with van der Waals surface area (Å²) in [4.78, 5) is 4.32. The molecule has 0 aliphatic heterocycles. The molecule has 0 amide bonds. The zero-order valence-corrected chi connectivity index (χ0v) is 13.6. The van der Waals surface area contributed by atoms with Crippen molar-refractivity contribution in [1.29, 1.82) is 0 Å². The van der Waals surface area contributed by atoms with Crippen molar-refractivity contribution >= 4 is 32.5 Å². The van der Waals surface area contributed by atoms with Gasteiger partial charge in [0.25, 0.3) is 0 Å². The first-order chi connectivity index (χ1) is 10.5. The van der Waals surface area contributed by atoms with E-state index in [9.17, 15) is 8.42 Å². The molecule has 0 saturated carbocycles. The van der Waals surface area contributed by atoms with Crippen molar-refractivity contribution in [3.05, 3.63) is 59.1 Å². The van der Waals surface area contributed by atoms with Gasteiger partial charge in [-0.1, -0.05) is 42.8 Å². The molecule has 0 saturated heterocycles. The first kappa shape index (κ1) is 15.1. The van der Waals surface area contributed by atoms with Gasteiger partial charge in [-0.15, -0.1) is 0 Å². The van der Waals surface area contributed by atoms with Gasteiger partial charge in [-0.3, -0.25) is 0 Å². The molecule has 0 unspecified atom stereocenters. The van der Waals surface area contributed by atoms with E-state index in [1.807, 2.05) is 42.5 Å². The Morgan fingerprint density at radius 1 is 1.14 bits per heavy atom. The van der Waals surface area contributed by atoms with Gasteiger partial charge in [-0.05, 0) is 29.8 Å². The van der Waals surface area contributed by atoms with Crippen LogP contribution in [0, 0.1) is 0 Å². The zero-order valence-electron chi connectivity index (χ0n) is 12.0. The summed E-state index contributed by atoms with van der Waals surface area (Å²) in [5.41, 5.74) is 2.41. The van der Waals surface area contributed by atoms with Gasteiger partial charge >= 0.3 is 0 Å². The molecular formula is C16H15ClN2O2S. The molecule has 0 aliphatic carbocycles. The summed E-state index contributed by atoms with van der Waals surface area (Å²) >= 11 is 6.02. The Balaban J connectivity index is 2.20. The van der Waals surface area contributed by atoms with Gasteiger partial charge in [0.2, 0.25) is 15.0 Å². The third-order valence-electron chi connectivity index (χ3n) is 3.51. The Kier molecular flexibility index (Phi) is 3.93. The molecule has 0 fully saturated rings. The minimum Gasteiger partial charge on any atom is -0.310 e. The van der Waals surface area contributed by atoms with Crippen LogP contribution in [0.3, 0.4) is 0 Å². The predicted octanol–water partition coefficient (Wildman–Crippen LogP) is 3.53. The summed E-state index contributed by atoms with van der Waals surface area (Å²) < 4.78 is 26.4. The van der Waals surface area contributed by atoms with E-state index < -0.39 is 9.84 Å². The van der Waals surface area contributed by atoms with Gasteiger partial charge in [-0.25, -0.2) is 13.4 Å². The van der Waals surface area contributed by atoms with E-state index in [1.54, 1.807) is 17.6 Å². The molecule has 2 aromatic carbocycles. The molecule has 6 heteroatoms. The van der Waals surface area contributed by atoms with E-state index in [-0.39, 0.29) is 10.9 Å². The fourth-order valence-corrected chi connectivity index (χ4v) is 3.60. The number of nitrogens with zero attached hydrogens (tertiary/aromatic N) is 2. The second-order valence-corrected chi connectivity index (χ2v) is 7.61. The number of hydrogen-bond donors (Lipinski definition) is 0. The number of aromatic nitrogens is 2. The minimum absolute atomic E-state index is 0.0197. The van der Waals surface area contributed by atoms with Crippen molar-refractivity contribution in [3.63, 3.8) is 0 Å². The van der Waals surface area contributed by atoms with Gasteiger partial charge in [0.15, 0.2) is 0 Å². The van der Waals surface area contributed by atoms with Crippen LogP contribution in [0.1, 0.15) is 12.5 Å². The van der Waals surface area contributed by atoms with Crippen LogP contribution in [-0.2, 0) is 16.4 Å². The summed E-state index contributed by atoms with van der Waals surface area (Å²) in [6, 6.07) is 14.8. The zero-order chi connectivity index (χ0) is 15.7. The molecule has 0 atom stereocenters. The summed E-state index contributed by atoms with van der Waals surface area (Å²) in [6.45, 7) is 2.04. The number of halogens is 1. The van der Waals surface area contributed by atoms with Crippen molar-refractivity contribution < 1.29 is 8.42 Å². The van der Waals surface area contributed by atoms with Gasteiger partial charge in [0.05, 0.1) is 23.3 Å². The quantitative estimate of drug-likeness (QED) is 0.733. The van der Waals surface area contributed by atoms with Crippen LogP contribution in [-0.4, -0.2) is 23.7 Å². The lowest BCUT2D eigenvalue weighted by atomic mass is 10.2. The summed E-state index contributed by atoms with van der Waals surface area (Å²) in [5, 5.41) is 0.734. The van der Waals surface area contributed by atoms with Crippen molar-refractivity contribution in [2.24, 2.45) is 0 Å². The lowest BCUT2D eigenvalue weighted by Crippen LogP contribution is -2.13. The Hall–Kier alpha value is -1.85. The minimum atomic E-state index is -3.40. The highest BCUT2D eigenvalue weighted by Crippen LogP contribution is 2.22. The third kappa shape index (κ3) is 2.74. The first-order valence-corrected chi connectivity index (χ1v) is 8.97. The molecule has 4 nitrogen and oxygen atoms in total. The Bertz CT molecular complexity index is 932. The standard InChI is InChI=1S/C16H15ClN2O2S/c1-2-22(20,21)16-18-14-8-3-4-9-15(14)19(16)11-12-6-5-7-13(17)10-12/h3-10H,2,11H2,1H3. The molecule has 0 N–H and O–H groups in total. The van der Waals surface area contributed by atoms with Crippen molar-refractivity contribution in [3.8, 4) is 0 Å². The van der Waals surface area contributed by atoms with E-state index in [4.69, 9.17) is 11.6 Å². The van der Waals surface area contributed by atoms with Crippen LogP contribution in [0.2, 0.25) is 5.02 Å². The predicted molar refractivity (Wildman–Crippen MR) is 88.0 cm³/mol. The van der Waals surface area contributed by atoms with Crippen LogP contribution in [0.25, 0.3) is 11.0 Å².